The largest absolute Gasteiger partial charge is 0.489 e. The van der Waals surface area contributed by atoms with Crippen LogP contribution in [-0.4, -0.2) is 19.1 Å². The molecule has 0 unspecified atom stereocenters. The molecular formula is C18H19FN2O2. The van der Waals surface area contributed by atoms with Crippen molar-refractivity contribution >= 4 is 17.3 Å². The van der Waals surface area contributed by atoms with Crippen LogP contribution in [0.1, 0.15) is 6.92 Å². The summed E-state index contributed by atoms with van der Waals surface area (Å²) in [6, 6.07) is 12.9. The minimum atomic E-state index is -0.311. The molecule has 0 radical (unpaired) electrons. The Morgan fingerprint density at radius 2 is 1.70 bits per heavy atom. The van der Waals surface area contributed by atoms with E-state index in [2.05, 4.69) is 17.2 Å². The molecule has 0 bridgehead atoms. The monoisotopic (exact) mass is 314 g/mol. The van der Waals surface area contributed by atoms with Gasteiger partial charge in [0, 0.05) is 11.4 Å². The molecule has 0 heterocycles. The van der Waals surface area contributed by atoms with Gasteiger partial charge in [-0.05, 0) is 61.0 Å². The number of amides is 1. The molecule has 0 saturated heterocycles. The van der Waals surface area contributed by atoms with Crippen LogP contribution in [0.25, 0.3) is 0 Å². The van der Waals surface area contributed by atoms with E-state index >= 15 is 0 Å². The molecule has 0 saturated carbocycles. The fourth-order valence-electron chi connectivity index (χ4n) is 1.80. The average molecular weight is 314 g/mol. The predicted molar refractivity (Wildman–Crippen MR) is 90.3 cm³/mol. The smallest absolute Gasteiger partial charge is 0.243 e. The fourth-order valence-corrected chi connectivity index (χ4v) is 1.80. The van der Waals surface area contributed by atoms with Crippen LogP contribution in [0.3, 0.4) is 0 Å². The molecular weight excluding hydrogens is 295 g/mol. The number of hydrogen-bond acceptors (Lipinski definition) is 3. The van der Waals surface area contributed by atoms with E-state index in [4.69, 9.17) is 4.74 Å². The summed E-state index contributed by atoms with van der Waals surface area (Å²) in [5.41, 5.74) is 2.30. The zero-order valence-corrected chi connectivity index (χ0v) is 12.9. The summed E-state index contributed by atoms with van der Waals surface area (Å²) in [6.07, 6.45) is 0. The Bertz CT molecular complexity index is 666. The van der Waals surface area contributed by atoms with Gasteiger partial charge in [0.2, 0.25) is 5.91 Å². The number of halogens is 1. The van der Waals surface area contributed by atoms with Crippen molar-refractivity contribution in [3.05, 3.63) is 66.5 Å². The van der Waals surface area contributed by atoms with Crippen LogP contribution in [0.2, 0.25) is 0 Å². The number of ether oxygens (including phenoxy) is 1. The molecule has 2 aromatic carbocycles. The third-order valence-corrected chi connectivity index (χ3v) is 2.92. The Kier molecular flexibility index (Phi) is 5.74. The van der Waals surface area contributed by atoms with E-state index in [1.54, 1.807) is 36.4 Å². The highest BCUT2D eigenvalue weighted by Crippen LogP contribution is 2.16. The molecule has 5 heteroatoms. The van der Waals surface area contributed by atoms with Gasteiger partial charge in [-0.15, -0.1) is 0 Å². The minimum absolute atomic E-state index is 0.0968. The Balaban J connectivity index is 1.80. The fraction of sp³-hybridized carbons (Fsp3) is 0.167. The summed E-state index contributed by atoms with van der Waals surface area (Å²) in [5.74, 6) is 0.217. The number of carbonyl (C=O) groups excluding carboxylic acids is 1. The lowest BCUT2D eigenvalue weighted by atomic mass is 10.3. The molecule has 2 rings (SSSR count). The third-order valence-electron chi connectivity index (χ3n) is 2.92. The Morgan fingerprint density at radius 3 is 2.30 bits per heavy atom. The molecule has 0 spiro atoms. The number of benzene rings is 2. The van der Waals surface area contributed by atoms with Gasteiger partial charge in [-0.1, -0.05) is 6.58 Å². The van der Waals surface area contributed by atoms with Crippen molar-refractivity contribution in [2.75, 3.05) is 23.8 Å². The molecule has 0 fully saturated rings. The van der Waals surface area contributed by atoms with Crippen molar-refractivity contribution in [1.82, 2.24) is 0 Å². The van der Waals surface area contributed by atoms with Crippen LogP contribution in [0, 0.1) is 5.82 Å². The van der Waals surface area contributed by atoms with Crippen LogP contribution < -0.4 is 15.4 Å². The van der Waals surface area contributed by atoms with Crippen LogP contribution in [-0.2, 0) is 4.79 Å². The van der Waals surface area contributed by atoms with E-state index in [9.17, 15) is 9.18 Å². The average Bonchev–Trinajstić information content (AvgIpc) is 2.53. The van der Waals surface area contributed by atoms with Gasteiger partial charge < -0.3 is 15.4 Å². The number of rotatable bonds is 7. The molecule has 0 aliphatic rings. The van der Waals surface area contributed by atoms with Crippen molar-refractivity contribution < 1.29 is 13.9 Å². The van der Waals surface area contributed by atoms with Gasteiger partial charge in [0.25, 0.3) is 0 Å². The maximum Gasteiger partial charge on any atom is 0.243 e. The summed E-state index contributed by atoms with van der Waals surface area (Å²) in [4.78, 5) is 11.9. The van der Waals surface area contributed by atoms with E-state index in [0.29, 0.717) is 18.0 Å². The lowest BCUT2D eigenvalue weighted by molar-refractivity contribution is -0.114. The molecule has 4 nitrogen and oxygen atoms in total. The zero-order valence-electron chi connectivity index (χ0n) is 12.9. The number of nitrogens with one attached hydrogen (secondary N) is 2. The summed E-state index contributed by atoms with van der Waals surface area (Å²) < 4.78 is 18.3. The lowest BCUT2D eigenvalue weighted by Crippen LogP contribution is -2.21. The topological polar surface area (TPSA) is 50.4 Å². The van der Waals surface area contributed by atoms with E-state index < -0.39 is 0 Å². The first-order valence-corrected chi connectivity index (χ1v) is 7.19. The van der Waals surface area contributed by atoms with Crippen LogP contribution in [0.15, 0.2) is 60.7 Å². The highest BCUT2D eigenvalue weighted by Gasteiger charge is 2.03. The maximum atomic E-state index is 12.8. The quantitative estimate of drug-likeness (QED) is 0.764. The SMILES string of the molecule is C=C(C)COc1ccc(NC(=O)CNc2ccc(F)cc2)cc1. The van der Waals surface area contributed by atoms with Crippen LogP contribution in [0.4, 0.5) is 15.8 Å². The van der Waals surface area contributed by atoms with E-state index in [0.717, 1.165) is 11.3 Å². The molecule has 120 valence electrons. The molecule has 1 amide bonds. The van der Waals surface area contributed by atoms with Gasteiger partial charge in [-0.25, -0.2) is 4.39 Å². The highest BCUT2D eigenvalue weighted by molar-refractivity contribution is 5.93. The van der Waals surface area contributed by atoms with Crippen molar-refractivity contribution in [1.29, 1.82) is 0 Å². The highest BCUT2D eigenvalue weighted by atomic mass is 19.1. The molecule has 0 aliphatic carbocycles. The van der Waals surface area contributed by atoms with Gasteiger partial charge in [0.1, 0.15) is 18.2 Å². The lowest BCUT2D eigenvalue weighted by Gasteiger charge is -2.09. The number of carbonyl (C=O) groups is 1. The first-order chi connectivity index (χ1) is 11.0. The second-order valence-corrected chi connectivity index (χ2v) is 5.18. The van der Waals surface area contributed by atoms with E-state index in [1.165, 1.54) is 12.1 Å². The van der Waals surface area contributed by atoms with Crippen molar-refractivity contribution in [2.24, 2.45) is 0 Å². The third kappa shape index (κ3) is 5.82. The number of hydrogen-bond donors (Lipinski definition) is 2. The predicted octanol–water partition coefficient (Wildman–Crippen LogP) is 3.83. The first kappa shape index (κ1) is 16.5. The van der Waals surface area contributed by atoms with Gasteiger partial charge in [-0.3, -0.25) is 4.79 Å². The standard InChI is InChI=1S/C18H19FN2O2/c1-13(2)12-23-17-9-7-16(8-10-17)21-18(22)11-20-15-5-3-14(19)4-6-15/h3-10,20H,1,11-12H2,2H3,(H,21,22). The van der Waals surface area contributed by atoms with Crippen molar-refractivity contribution in [2.45, 2.75) is 6.92 Å². The Morgan fingerprint density at radius 1 is 1.09 bits per heavy atom. The van der Waals surface area contributed by atoms with Gasteiger partial charge in [-0.2, -0.15) is 0 Å². The Hall–Kier alpha value is -2.82. The zero-order chi connectivity index (χ0) is 16.7. The molecule has 2 aromatic rings. The van der Waals surface area contributed by atoms with Gasteiger partial charge in [0.05, 0.1) is 6.54 Å². The first-order valence-electron chi connectivity index (χ1n) is 7.19. The normalized spacial score (nSPS) is 10.0. The van der Waals surface area contributed by atoms with Gasteiger partial charge >= 0.3 is 0 Å². The summed E-state index contributed by atoms with van der Waals surface area (Å²) in [6.45, 7) is 6.22. The summed E-state index contributed by atoms with van der Waals surface area (Å²) >= 11 is 0. The van der Waals surface area contributed by atoms with E-state index in [1.807, 2.05) is 6.92 Å². The molecule has 0 aromatic heterocycles. The number of anilines is 2. The van der Waals surface area contributed by atoms with Crippen LogP contribution in [0.5, 0.6) is 5.75 Å². The Labute approximate surface area is 135 Å². The summed E-state index contributed by atoms with van der Waals surface area (Å²) in [5, 5.41) is 5.69. The minimum Gasteiger partial charge on any atom is -0.489 e. The van der Waals surface area contributed by atoms with Crippen molar-refractivity contribution in [3.8, 4) is 5.75 Å². The van der Waals surface area contributed by atoms with Gasteiger partial charge in [0.15, 0.2) is 0 Å². The molecule has 0 aliphatic heterocycles. The van der Waals surface area contributed by atoms with Crippen LogP contribution >= 0.6 is 0 Å². The summed E-state index contributed by atoms with van der Waals surface area (Å²) in [7, 11) is 0. The maximum absolute atomic E-state index is 12.8. The van der Waals surface area contributed by atoms with E-state index in [-0.39, 0.29) is 18.3 Å². The molecule has 2 N–H and O–H groups in total. The molecule has 0 atom stereocenters. The molecule has 23 heavy (non-hydrogen) atoms. The van der Waals surface area contributed by atoms with Crippen molar-refractivity contribution in [3.63, 3.8) is 0 Å². The second-order valence-electron chi connectivity index (χ2n) is 5.18. The second kappa shape index (κ2) is 7.98.